The van der Waals surface area contributed by atoms with E-state index in [1.807, 2.05) is 17.9 Å². The molecule has 0 saturated carbocycles. The van der Waals surface area contributed by atoms with Gasteiger partial charge in [0.1, 0.15) is 5.02 Å². The van der Waals surface area contributed by atoms with E-state index in [1.54, 1.807) is 18.3 Å². The summed E-state index contributed by atoms with van der Waals surface area (Å²) < 4.78 is 0. The van der Waals surface area contributed by atoms with Crippen LogP contribution in [0.4, 0.5) is 11.8 Å². The van der Waals surface area contributed by atoms with Crippen molar-refractivity contribution in [1.82, 2.24) is 19.8 Å². The molecule has 0 spiro atoms. The summed E-state index contributed by atoms with van der Waals surface area (Å²) in [6.07, 6.45) is 2.55. The molecule has 0 bridgehead atoms. The van der Waals surface area contributed by atoms with Crippen molar-refractivity contribution >= 4 is 52.5 Å². The Labute approximate surface area is 203 Å². The van der Waals surface area contributed by atoms with Crippen molar-refractivity contribution in [2.24, 2.45) is 5.92 Å². The Morgan fingerprint density at radius 2 is 1.88 bits per heavy atom. The van der Waals surface area contributed by atoms with Gasteiger partial charge in [-0.15, -0.1) is 0 Å². The molecule has 2 aromatic rings. The van der Waals surface area contributed by atoms with Gasteiger partial charge in [0.2, 0.25) is 11.9 Å². The average molecular weight is 498 g/mol. The van der Waals surface area contributed by atoms with Crippen LogP contribution < -0.4 is 10.2 Å². The van der Waals surface area contributed by atoms with Crippen LogP contribution in [0.2, 0.25) is 15.1 Å². The Bertz CT molecular complexity index is 982. The van der Waals surface area contributed by atoms with Crippen molar-refractivity contribution in [3.63, 3.8) is 0 Å². The van der Waals surface area contributed by atoms with Gasteiger partial charge in [-0.3, -0.25) is 4.79 Å². The number of rotatable bonds is 5. The highest BCUT2D eigenvalue weighted by Gasteiger charge is 2.32. The molecule has 2 aliphatic rings. The maximum atomic E-state index is 12.8. The highest BCUT2D eigenvalue weighted by molar-refractivity contribution is 6.35. The third-order valence-electron chi connectivity index (χ3n) is 6.13. The van der Waals surface area contributed by atoms with Gasteiger partial charge < -0.3 is 20.0 Å². The molecule has 3 heterocycles. The van der Waals surface area contributed by atoms with Gasteiger partial charge in [0.25, 0.3) is 0 Å². The van der Waals surface area contributed by atoms with E-state index >= 15 is 0 Å². The fourth-order valence-electron chi connectivity index (χ4n) is 4.27. The summed E-state index contributed by atoms with van der Waals surface area (Å²) in [6.45, 7) is 6.55. The van der Waals surface area contributed by atoms with Crippen LogP contribution >= 0.6 is 34.8 Å². The number of hydrogen-bond acceptors (Lipinski definition) is 6. The summed E-state index contributed by atoms with van der Waals surface area (Å²) >= 11 is 18.7. The third kappa shape index (κ3) is 5.22. The highest BCUT2D eigenvalue weighted by Crippen LogP contribution is 2.31. The summed E-state index contributed by atoms with van der Waals surface area (Å²) in [5.74, 6) is 1.53. The van der Waals surface area contributed by atoms with Crippen molar-refractivity contribution in [1.29, 1.82) is 0 Å². The first-order valence-corrected chi connectivity index (χ1v) is 11.9. The Morgan fingerprint density at radius 3 is 2.53 bits per heavy atom. The Kier molecular flexibility index (Phi) is 7.30. The van der Waals surface area contributed by atoms with Gasteiger partial charge in [-0.1, -0.05) is 40.9 Å². The van der Waals surface area contributed by atoms with Gasteiger partial charge in [0.05, 0.1) is 18.2 Å². The number of halogens is 3. The molecule has 172 valence electrons. The quantitative estimate of drug-likeness (QED) is 0.668. The maximum Gasteiger partial charge on any atom is 0.227 e. The number of aromatic nitrogens is 2. The molecule has 4 rings (SSSR count). The van der Waals surface area contributed by atoms with E-state index in [9.17, 15) is 4.79 Å². The summed E-state index contributed by atoms with van der Waals surface area (Å²) in [5, 5.41) is 4.93. The molecule has 1 aromatic carbocycles. The molecule has 1 amide bonds. The van der Waals surface area contributed by atoms with Crippen LogP contribution in [-0.2, 0) is 4.79 Å². The Morgan fingerprint density at radius 1 is 1.12 bits per heavy atom. The highest BCUT2D eigenvalue weighted by atomic mass is 35.5. The molecule has 0 radical (unpaired) electrons. The second kappa shape index (κ2) is 10.00. The predicted octanol–water partition coefficient (Wildman–Crippen LogP) is 4.21. The number of nitrogens with one attached hydrogen (secondary N) is 1. The van der Waals surface area contributed by atoms with Crippen molar-refractivity contribution in [2.75, 3.05) is 56.5 Å². The third-order valence-corrected chi connectivity index (χ3v) is 6.97. The summed E-state index contributed by atoms with van der Waals surface area (Å²) in [6, 6.07) is 5.28. The lowest BCUT2D eigenvalue weighted by atomic mass is 10.1. The van der Waals surface area contributed by atoms with Crippen LogP contribution in [0.3, 0.4) is 0 Å². The molecule has 7 nitrogen and oxygen atoms in total. The van der Waals surface area contributed by atoms with E-state index in [4.69, 9.17) is 34.8 Å². The Balaban J connectivity index is 1.40. The van der Waals surface area contributed by atoms with Crippen molar-refractivity contribution < 1.29 is 4.79 Å². The number of carbonyl (C=O) groups excluding carboxylic acids is 1. The van der Waals surface area contributed by atoms with Crippen LogP contribution in [0.1, 0.15) is 24.9 Å². The summed E-state index contributed by atoms with van der Waals surface area (Å²) in [5.41, 5.74) is 0.900. The summed E-state index contributed by atoms with van der Waals surface area (Å²) in [4.78, 5) is 28.1. The van der Waals surface area contributed by atoms with Gasteiger partial charge in [-0.2, -0.15) is 4.98 Å². The molecular weight excluding hydrogens is 471 g/mol. The maximum absolute atomic E-state index is 12.8. The molecule has 10 heteroatoms. The van der Waals surface area contributed by atoms with Gasteiger partial charge in [0, 0.05) is 42.8 Å². The lowest BCUT2D eigenvalue weighted by Gasteiger charge is -2.36. The van der Waals surface area contributed by atoms with Crippen molar-refractivity contribution in [3.05, 3.63) is 45.0 Å². The number of piperazine rings is 1. The number of carbonyl (C=O) groups is 1. The van der Waals surface area contributed by atoms with E-state index in [0.717, 1.165) is 25.1 Å². The molecule has 0 aliphatic carbocycles. The summed E-state index contributed by atoms with van der Waals surface area (Å²) in [7, 11) is 2.07. The fraction of sp³-hybridized carbons (Fsp3) is 0.500. The number of amides is 1. The number of hydrogen-bond donors (Lipinski definition) is 1. The minimum atomic E-state index is -0.126. The minimum absolute atomic E-state index is 0.121. The van der Waals surface area contributed by atoms with E-state index in [-0.39, 0.29) is 17.9 Å². The molecule has 2 aliphatic heterocycles. The molecule has 1 N–H and O–H groups in total. The first-order valence-electron chi connectivity index (χ1n) is 10.8. The molecule has 2 saturated heterocycles. The topological polar surface area (TPSA) is 64.6 Å². The van der Waals surface area contributed by atoms with E-state index in [1.165, 1.54) is 0 Å². The standard InChI is InChI=1S/C22H27Cl3N6O/c1-14(17-4-3-16(23)11-18(17)24)27-20-19(25)12-26-22(28-20)31-9-7-30(8-10-31)21(32)15-5-6-29(2)13-15/h3-4,11-12,14-15H,5-10,13H2,1-2H3,(H,26,27,28)/t14-,15?/m1/s1. The SMILES string of the molecule is C[C@@H](Nc1nc(N2CCN(C(=O)C3CCN(C)C3)CC2)ncc1Cl)c1ccc(Cl)cc1Cl. The molecule has 1 aromatic heterocycles. The van der Waals surface area contributed by atoms with Gasteiger partial charge in [-0.05, 0) is 44.6 Å². The largest absolute Gasteiger partial charge is 0.362 e. The van der Waals surface area contributed by atoms with Crippen LogP contribution in [-0.4, -0.2) is 72.0 Å². The predicted molar refractivity (Wildman–Crippen MR) is 130 cm³/mol. The zero-order chi connectivity index (χ0) is 22.8. The number of likely N-dealkylation sites (tertiary alicyclic amines) is 1. The monoisotopic (exact) mass is 496 g/mol. The molecule has 1 unspecified atom stereocenters. The zero-order valence-corrected chi connectivity index (χ0v) is 20.5. The smallest absolute Gasteiger partial charge is 0.227 e. The number of anilines is 2. The number of benzene rings is 1. The van der Waals surface area contributed by atoms with Crippen molar-refractivity contribution in [2.45, 2.75) is 19.4 Å². The van der Waals surface area contributed by atoms with Crippen LogP contribution in [0.15, 0.2) is 24.4 Å². The van der Waals surface area contributed by atoms with Gasteiger partial charge in [0.15, 0.2) is 5.82 Å². The average Bonchev–Trinajstić information content (AvgIpc) is 3.21. The second-order valence-corrected chi connectivity index (χ2v) is 9.71. The Hall–Kier alpha value is -1.80. The lowest BCUT2D eigenvalue weighted by molar-refractivity contribution is -0.135. The zero-order valence-electron chi connectivity index (χ0n) is 18.2. The normalized spacial score (nSPS) is 20.5. The molecule has 2 atom stereocenters. The molecule has 2 fully saturated rings. The van der Waals surface area contributed by atoms with Crippen LogP contribution in [0.25, 0.3) is 0 Å². The second-order valence-electron chi connectivity index (χ2n) is 8.46. The van der Waals surface area contributed by atoms with E-state index in [0.29, 0.717) is 53.0 Å². The van der Waals surface area contributed by atoms with E-state index < -0.39 is 0 Å². The number of nitrogens with zero attached hydrogens (tertiary/aromatic N) is 5. The van der Waals surface area contributed by atoms with E-state index in [2.05, 4.69) is 32.1 Å². The lowest BCUT2D eigenvalue weighted by Crippen LogP contribution is -2.51. The molecule has 32 heavy (non-hydrogen) atoms. The first-order chi connectivity index (χ1) is 15.3. The van der Waals surface area contributed by atoms with Gasteiger partial charge >= 0.3 is 0 Å². The van der Waals surface area contributed by atoms with Crippen molar-refractivity contribution in [3.8, 4) is 0 Å². The van der Waals surface area contributed by atoms with Crippen LogP contribution in [0, 0.1) is 5.92 Å². The first kappa shape index (κ1) is 23.4. The van der Waals surface area contributed by atoms with Gasteiger partial charge in [-0.25, -0.2) is 4.98 Å². The fourth-order valence-corrected chi connectivity index (χ4v) is 4.99. The van der Waals surface area contributed by atoms with Crippen LogP contribution in [0.5, 0.6) is 0 Å². The minimum Gasteiger partial charge on any atom is -0.362 e. The molecular formula is C22H27Cl3N6O.